The molecule has 2 aromatic carbocycles. The Kier molecular flexibility index (Phi) is 7.39. The number of rotatable bonds is 2. The van der Waals surface area contributed by atoms with Crippen LogP contribution in [0.25, 0.3) is 11.1 Å². The van der Waals surface area contributed by atoms with E-state index in [-0.39, 0.29) is 44.0 Å². The van der Waals surface area contributed by atoms with Gasteiger partial charge in [-0.1, -0.05) is 0 Å². The number of fused-ring (bicyclic) bond motifs is 8. The molecule has 1 heterocycles. The fraction of sp³-hybridized carbons (Fsp3) is 0.429. The van der Waals surface area contributed by atoms with Crippen LogP contribution in [0.15, 0.2) is 47.5 Å². The van der Waals surface area contributed by atoms with Crippen molar-refractivity contribution in [3.63, 3.8) is 0 Å². The molecule has 0 nitrogen and oxygen atoms in total. The van der Waals surface area contributed by atoms with Crippen molar-refractivity contribution in [1.82, 2.24) is 0 Å². The monoisotopic (exact) mass is 486 g/mol. The smallest absolute Gasteiger partial charge is 1.00 e. The van der Waals surface area contributed by atoms with E-state index in [0.717, 1.165) is 0 Å². The predicted octanol–water partition coefficient (Wildman–Crippen LogP) is 2.17. The fourth-order valence-electron chi connectivity index (χ4n) is 6.02. The molecule has 2 atom stereocenters. The van der Waals surface area contributed by atoms with E-state index in [1.165, 1.54) is 12.8 Å². The van der Waals surface area contributed by atoms with Gasteiger partial charge in [-0.15, -0.1) is 0 Å². The van der Waals surface area contributed by atoms with Gasteiger partial charge in [-0.3, -0.25) is 0 Å². The van der Waals surface area contributed by atoms with Crippen LogP contribution >= 0.6 is 0 Å². The maximum absolute atomic E-state index is 2.46. The summed E-state index contributed by atoms with van der Waals surface area (Å²) in [7, 11) is 0. The van der Waals surface area contributed by atoms with Gasteiger partial charge in [0.25, 0.3) is 0 Å². The molecule has 0 saturated heterocycles. The van der Waals surface area contributed by atoms with Crippen LogP contribution in [-0.2, 0) is 19.2 Å². The average Bonchev–Trinajstić information content (AvgIpc) is 3.12. The first-order valence-corrected chi connectivity index (χ1v) is 13.1. The molecule has 2 unspecified atom stereocenters. The van der Waals surface area contributed by atoms with Gasteiger partial charge < -0.3 is 24.8 Å². The van der Waals surface area contributed by atoms with Gasteiger partial charge in [-0.25, -0.2) is 0 Å². The number of hydrogen-bond acceptors (Lipinski definition) is 0. The van der Waals surface area contributed by atoms with E-state index in [2.05, 4.69) is 77.9 Å². The normalized spacial score (nSPS) is 20.8. The molecule has 0 aromatic heterocycles. The minimum Gasteiger partial charge on any atom is -1.00 e. The molecular formula is C28H32Cl2Ti. The average molecular weight is 487 g/mol. The number of benzene rings is 2. The van der Waals surface area contributed by atoms with E-state index in [1.807, 2.05) is 0 Å². The van der Waals surface area contributed by atoms with Gasteiger partial charge in [-0.2, -0.15) is 0 Å². The summed E-state index contributed by atoms with van der Waals surface area (Å²) in [4.78, 5) is 0. The molecule has 0 saturated carbocycles. The summed E-state index contributed by atoms with van der Waals surface area (Å²) in [5.74, 6) is 1.19. The molecule has 0 fully saturated rings. The van der Waals surface area contributed by atoms with Gasteiger partial charge in [-0.05, 0) is 0 Å². The van der Waals surface area contributed by atoms with Crippen LogP contribution < -0.4 is 24.8 Å². The van der Waals surface area contributed by atoms with E-state index < -0.39 is 0 Å². The molecule has 2 aromatic rings. The maximum atomic E-state index is 2.46. The van der Waals surface area contributed by atoms with Crippen LogP contribution in [0.1, 0.15) is 108 Å². The molecule has 3 aliphatic rings. The zero-order valence-corrected chi connectivity index (χ0v) is 22.5. The summed E-state index contributed by atoms with van der Waals surface area (Å²) >= 11 is -0.209. The second-order valence-electron chi connectivity index (χ2n) is 9.79. The molecule has 1 aliphatic heterocycles. The number of allylic oxidation sites excluding steroid dienone is 4. The Morgan fingerprint density at radius 2 is 1.06 bits per heavy atom. The zero-order valence-electron chi connectivity index (χ0n) is 19.4. The zero-order chi connectivity index (χ0) is 20.4. The van der Waals surface area contributed by atoms with E-state index >= 15 is 0 Å². The van der Waals surface area contributed by atoms with E-state index in [0.29, 0.717) is 20.3 Å². The molecule has 2 aliphatic carbocycles. The van der Waals surface area contributed by atoms with E-state index in [9.17, 15) is 0 Å². The van der Waals surface area contributed by atoms with Crippen LogP contribution in [-0.4, -0.2) is 0 Å². The van der Waals surface area contributed by atoms with Crippen molar-refractivity contribution in [2.45, 2.75) is 74.7 Å². The molecule has 3 heteroatoms. The topological polar surface area (TPSA) is 0 Å². The molecule has 0 N–H and O–H groups in total. The Balaban J connectivity index is 0.00000136. The van der Waals surface area contributed by atoms with E-state index in [1.54, 1.807) is 55.7 Å². The summed E-state index contributed by atoms with van der Waals surface area (Å²) in [6.45, 7) is 14.4. The Morgan fingerprint density at radius 1 is 0.677 bits per heavy atom. The SMILES string of the molecule is CC1=C2CCC3=C(C)[CH]([Ti+2][CH]1c1cccc(C(C)C)c12)c1cccc(C(C)C)c13.[Cl-].[Cl-]. The van der Waals surface area contributed by atoms with Gasteiger partial charge in [0.2, 0.25) is 0 Å². The molecule has 31 heavy (non-hydrogen) atoms. The summed E-state index contributed by atoms with van der Waals surface area (Å²) in [5.41, 5.74) is 16.5. The van der Waals surface area contributed by atoms with Crippen LogP contribution in [0, 0.1) is 0 Å². The van der Waals surface area contributed by atoms with Crippen molar-refractivity contribution in [3.05, 3.63) is 80.9 Å². The largest absolute Gasteiger partial charge is 1.00 e. The van der Waals surface area contributed by atoms with Gasteiger partial charge in [0, 0.05) is 0 Å². The van der Waals surface area contributed by atoms with Crippen molar-refractivity contribution in [2.75, 3.05) is 0 Å². The fourth-order valence-corrected chi connectivity index (χ4v) is 9.18. The number of halogens is 2. The third-order valence-corrected chi connectivity index (χ3v) is 10.9. The molecule has 4 bridgehead atoms. The standard InChI is InChI=1S/C28H32.2ClH.Ti/c1-17(2)23-11-7-9-21-15-19(5)25(27(21)23)13-14-26-20(6)16-22-10-8-12-24(18(3)4)28(22)26;;;/h7-12,15-18H,13-14H2,1-6H3;2*1H;/q;;;+2/p-2. The third-order valence-electron chi connectivity index (χ3n) is 7.50. The van der Waals surface area contributed by atoms with Crippen molar-refractivity contribution in [1.29, 1.82) is 0 Å². The van der Waals surface area contributed by atoms with Crippen LogP contribution in [0.4, 0.5) is 0 Å². The van der Waals surface area contributed by atoms with Gasteiger partial charge in [0.15, 0.2) is 0 Å². The maximum Gasteiger partial charge on any atom is -1.00 e. The quantitative estimate of drug-likeness (QED) is 0.570. The molecule has 0 spiro atoms. The Morgan fingerprint density at radius 3 is 1.42 bits per heavy atom. The van der Waals surface area contributed by atoms with Crippen LogP contribution in [0.3, 0.4) is 0 Å². The van der Waals surface area contributed by atoms with Crippen molar-refractivity contribution < 1.29 is 44.0 Å². The van der Waals surface area contributed by atoms with Crippen molar-refractivity contribution in [2.24, 2.45) is 0 Å². The summed E-state index contributed by atoms with van der Waals surface area (Å²) in [5, 5.41) is 0. The second-order valence-corrected chi connectivity index (χ2v) is 12.1. The van der Waals surface area contributed by atoms with Crippen molar-refractivity contribution in [3.8, 4) is 0 Å². The van der Waals surface area contributed by atoms with Crippen LogP contribution in [0.5, 0.6) is 0 Å². The predicted molar refractivity (Wildman–Crippen MR) is 121 cm³/mol. The minimum absolute atomic E-state index is 0. The van der Waals surface area contributed by atoms with Gasteiger partial charge in [0.1, 0.15) is 0 Å². The van der Waals surface area contributed by atoms with E-state index in [4.69, 9.17) is 0 Å². The summed E-state index contributed by atoms with van der Waals surface area (Å²) in [6, 6.07) is 14.3. The summed E-state index contributed by atoms with van der Waals surface area (Å²) < 4.78 is 1.40. The molecule has 0 radical (unpaired) electrons. The first kappa shape index (κ1) is 24.8. The Bertz CT molecular complexity index is 989. The Labute approximate surface area is 209 Å². The third kappa shape index (κ3) is 3.72. The summed E-state index contributed by atoms with van der Waals surface area (Å²) in [6.07, 6.45) is 2.41. The first-order chi connectivity index (χ1) is 13.9. The van der Waals surface area contributed by atoms with Gasteiger partial charge in [0.05, 0.1) is 0 Å². The van der Waals surface area contributed by atoms with Crippen molar-refractivity contribution >= 4 is 11.1 Å². The minimum atomic E-state index is -0.209. The molecule has 162 valence electrons. The molecular weight excluding hydrogens is 455 g/mol. The molecule has 0 amide bonds. The first-order valence-electron chi connectivity index (χ1n) is 11.3. The van der Waals surface area contributed by atoms with Crippen LogP contribution in [0.2, 0.25) is 0 Å². The Hall–Kier alpha value is -0.786. The number of hydrogen-bond donors (Lipinski definition) is 0. The van der Waals surface area contributed by atoms with Gasteiger partial charge >= 0.3 is 186 Å². The second kappa shape index (κ2) is 9.22. The molecule has 5 rings (SSSR count).